The lowest BCUT2D eigenvalue weighted by Crippen LogP contribution is -3.08. The molecule has 0 radical (unpaired) electrons. The molecule has 1 aliphatic rings. The van der Waals surface area contributed by atoms with Crippen LogP contribution in [0.5, 0.6) is 0 Å². The molecule has 7 nitrogen and oxygen atoms in total. The van der Waals surface area contributed by atoms with E-state index < -0.39 is 0 Å². The number of ether oxygens (including phenoxy) is 1. The summed E-state index contributed by atoms with van der Waals surface area (Å²) in [4.78, 5) is 28.1. The van der Waals surface area contributed by atoms with Crippen LogP contribution in [-0.2, 0) is 16.1 Å². The summed E-state index contributed by atoms with van der Waals surface area (Å²) in [7, 11) is 1.96. The second-order valence-corrected chi connectivity index (χ2v) is 9.46. The fraction of sp³-hybridized carbons (Fsp3) is 0.407. The van der Waals surface area contributed by atoms with Crippen LogP contribution in [0.3, 0.4) is 0 Å². The Bertz CT molecular complexity index is 1210. The molecule has 1 saturated heterocycles. The summed E-state index contributed by atoms with van der Waals surface area (Å²) in [6.45, 7) is 10.4. The van der Waals surface area contributed by atoms with Gasteiger partial charge in [-0.15, -0.1) is 0 Å². The summed E-state index contributed by atoms with van der Waals surface area (Å²) in [5, 5.41) is 3.92. The molecule has 1 fully saturated rings. The number of morpholine rings is 1. The lowest BCUT2D eigenvalue weighted by Gasteiger charge is -2.28. The Morgan fingerprint density at radius 1 is 1.12 bits per heavy atom. The molecule has 1 aromatic heterocycles. The van der Waals surface area contributed by atoms with Crippen molar-refractivity contribution >= 4 is 28.3 Å². The highest BCUT2D eigenvalue weighted by Crippen LogP contribution is 2.26. The fourth-order valence-electron chi connectivity index (χ4n) is 4.60. The van der Waals surface area contributed by atoms with Crippen molar-refractivity contribution in [3.63, 3.8) is 0 Å². The number of hydrogen-bond donors (Lipinski definition) is 2. The van der Waals surface area contributed by atoms with Gasteiger partial charge in [-0.3, -0.25) is 4.79 Å². The molecule has 1 aliphatic heterocycles. The molecule has 3 aromatic rings. The van der Waals surface area contributed by atoms with Crippen molar-refractivity contribution in [1.82, 2.24) is 0 Å². The predicted molar refractivity (Wildman–Crippen MR) is 135 cm³/mol. The van der Waals surface area contributed by atoms with Gasteiger partial charge in [-0.05, 0) is 60.4 Å². The van der Waals surface area contributed by atoms with Gasteiger partial charge in [0, 0.05) is 41.5 Å². The second-order valence-electron chi connectivity index (χ2n) is 9.46. The number of amides is 1. The molecule has 180 valence electrons. The number of nitrogens with zero attached hydrogens (tertiary/aromatic N) is 1. The Hall–Kier alpha value is -3.16. The number of nitrogens with one attached hydrogen (secondary N) is 2. The highest BCUT2D eigenvalue weighted by molar-refractivity contribution is 5.91. The van der Waals surface area contributed by atoms with E-state index in [-0.39, 0.29) is 18.1 Å². The molecule has 34 heavy (non-hydrogen) atoms. The van der Waals surface area contributed by atoms with E-state index in [1.165, 1.54) is 5.56 Å². The molecule has 2 N–H and O–H groups in total. The summed E-state index contributed by atoms with van der Waals surface area (Å²) in [5.74, 6) is 0.303. The summed E-state index contributed by atoms with van der Waals surface area (Å²) < 4.78 is 10.9. The van der Waals surface area contributed by atoms with Crippen LogP contribution in [0.15, 0.2) is 51.7 Å². The lowest BCUT2D eigenvalue weighted by molar-refractivity contribution is -0.885. The first-order chi connectivity index (χ1) is 16.3. The first-order valence-corrected chi connectivity index (χ1v) is 11.9. The van der Waals surface area contributed by atoms with Crippen molar-refractivity contribution in [3.05, 3.63) is 69.6 Å². The van der Waals surface area contributed by atoms with Crippen LogP contribution in [-0.4, -0.2) is 45.8 Å². The molecule has 2 heterocycles. The molecule has 1 amide bonds. The average Bonchev–Trinajstić information content (AvgIpc) is 2.79. The Balaban J connectivity index is 1.42. The Morgan fingerprint density at radius 2 is 1.82 bits per heavy atom. The molecular formula is C27H34N3O4+. The van der Waals surface area contributed by atoms with Gasteiger partial charge in [0.1, 0.15) is 12.1 Å². The fourth-order valence-corrected chi connectivity index (χ4v) is 4.60. The number of carbonyl (C=O) groups excluding carboxylic acids is 1. The lowest BCUT2D eigenvalue weighted by atomic mass is 9.95. The van der Waals surface area contributed by atoms with Gasteiger partial charge in [0.05, 0.1) is 20.3 Å². The van der Waals surface area contributed by atoms with E-state index in [1.54, 1.807) is 6.07 Å². The van der Waals surface area contributed by atoms with Gasteiger partial charge in [0.2, 0.25) is 0 Å². The summed E-state index contributed by atoms with van der Waals surface area (Å²) in [6.07, 6.45) is 0. The van der Waals surface area contributed by atoms with Gasteiger partial charge in [0.15, 0.2) is 6.54 Å². The largest absolute Gasteiger partial charge is 0.423 e. The minimum Gasteiger partial charge on any atom is -0.423 e. The Morgan fingerprint density at radius 3 is 2.50 bits per heavy atom. The van der Waals surface area contributed by atoms with Gasteiger partial charge in [-0.1, -0.05) is 13.8 Å². The standard InChI is InChI=1S/C27H33N3O4/c1-18(2)23-15-24-20(14-27(32)34-25(24)13-19(23)3)16-29(4)17-26(31)28-21-5-7-22(8-6-21)30-9-11-33-12-10-30/h5-8,13-15,18H,9-12,16-17H2,1-4H3,(H,28,31)/p+1. The molecule has 1 atom stereocenters. The second kappa shape index (κ2) is 10.4. The quantitative estimate of drug-likeness (QED) is 0.526. The highest BCUT2D eigenvalue weighted by Gasteiger charge is 2.17. The number of benzene rings is 2. The maximum atomic E-state index is 12.7. The molecule has 0 spiro atoms. The van der Waals surface area contributed by atoms with Crippen molar-refractivity contribution in [2.75, 3.05) is 50.1 Å². The van der Waals surface area contributed by atoms with Crippen molar-refractivity contribution < 1.29 is 18.8 Å². The van der Waals surface area contributed by atoms with Crippen molar-refractivity contribution in [2.45, 2.75) is 33.2 Å². The highest BCUT2D eigenvalue weighted by atomic mass is 16.5. The summed E-state index contributed by atoms with van der Waals surface area (Å²) in [5.41, 5.74) is 5.39. The number of rotatable bonds is 7. The predicted octanol–water partition coefficient (Wildman–Crippen LogP) is 2.71. The molecule has 0 saturated carbocycles. The van der Waals surface area contributed by atoms with Gasteiger partial charge in [-0.2, -0.15) is 0 Å². The number of likely N-dealkylation sites (N-methyl/N-ethyl adjacent to an activating group) is 1. The molecule has 0 aliphatic carbocycles. The van der Waals surface area contributed by atoms with Gasteiger partial charge in [-0.25, -0.2) is 4.79 Å². The summed E-state index contributed by atoms with van der Waals surface area (Å²) in [6, 6.07) is 13.5. The van der Waals surface area contributed by atoms with E-state index in [2.05, 4.69) is 30.1 Å². The SMILES string of the molecule is Cc1cc2oc(=O)cc(C[NH+](C)CC(=O)Nc3ccc(N4CCOCC4)cc3)c2cc1C(C)C. The first kappa shape index (κ1) is 24.0. The number of carbonyl (C=O) groups is 1. The smallest absolute Gasteiger partial charge is 0.336 e. The zero-order valence-corrected chi connectivity index (χ0v) is 20.4. The number of quaternary nitrogens is 1. The average molecular weight is 465 g/mol. The zero-order chi connectivity index (χ0) is 24.2. The summed E-state index contributed by atoms with van der Waals surface area (Å²) >= 11 is 0. The van der Waals surface area contributed by atoms with E-state index in [0.717, 1.165) is 59.1 Å². The van der Waals surface area contributed by atoms with E-state index >= 15 is 0 Å². The van der Waals surface area contributed by atoms with E-state index in [1.807, 2.05) is 44.3 Å². The monoisotopic (exact) mass is 464 g/mol. The maximum Gasteiger partial charge on any atom is 0.336 e. The number of aryl methyl sites for hydroxylation is 1. The van der Waals surface area contributed by atoms with E-state index in [9.17, 15) is 9.59 Å². The third-order valence-electron chi connectivity index (χ3n) is 6.32. The first-order valence-electron chi connectivity index (χ1n) is 11.9. The number of anilines is 2. The molecule has 7 heteroatoms. The Labute approximate surface area is 200 Å². The van der Waals surface area contributed by atoms with Gasteiger partial charge < -0.3 is 24.3 Å². The van der Waals surface area contributed by atoms with Crippen LogP contribution >= 0.6 is 0 Å². The molecule has 4 rings (SSSR count). The number of hydrogen-bond acceptors (Lipinski definition) is 5. The molecule has 1 unspecified atom stereocenters. The van der Waals surface area contributed by atoms with Crippen molar-refractivity contribution in [3.8, 4) is 0 Å². The van der Waals surface area contributed by atoms with Crippen LogP contribution in [0, 0.1) is 6.92 Å². The minimum atomic E-state index is -0.364. The molecular weight excluding hydrogens is 430 g/mol. The third-order valence-corrected chi connectivity index (χ3v) is 6.32. The van der Waals surface area contributed by atoms with Crippen molar-refractivity contribution in [1.29, 1.82) is 0 Å². The normalized spacial score (nSPS) is 15.0. The minimum absolute atomic E-state index is 0.0670. The van der Waals surface area contributed by atoms with Crippen LogP contribution in [0.1, 0.15) is 36.5 Å². The molecule has 0 bridgehead atoms. The van der Waals surface area contributed by atoms with Crippen LogP contribution in [0.4, 0.5) is 11.4 Å². The molecule has 2 aromatic carbocycles. The number of fused-ring (bicyclic) bond motifs is 1. The van der Waals surface area contributed by atoms with Crippen molar-refractivity contribution in [2.24, 2.45) is 0 Å². The maximum absolute atomic E-state index is 12.7. The van der Waals surface area contributed by atoms with Crippen LogP contribution < -0.4 is 20.7 Å². The zero-order valence-electron chi connectivity index (χ0n) is 20.4. The van der Waals surface area contributed by atoms with Gasteiger partial charge >= 0.3 is 5.63 Å². The van der Waals surface area contributed by atoms with E-state index in [0.29, 0.717) is 18.0 Å². The van der Waals surface area contributed by atoms with Crippen LogP contribution in [0.25, 0.3) is 11.0 Å². The van der Waals surface area contributed by atoms with E-state index in [4.69, 9.17) is 9.15 Å². The Kier molecular flexibility index (Phi) is 7.34. The topological polar surface area (TPSA) is 76.2 Å². The third kappa shape index (κ3) is 5.66. The van der Waals surface area contributed by atoms with Crippen LogP contribution in [0.2, 0.25) is 0 Å². The van der Waals surface area contributed by atoms with Gasteiger partial charge in [0.25, 0.3) is 5.91 Å².